The summed E-state index contributed by atoms with van der Waals surface area (Å²) in [6.45, 7) is 9.40. The fourth-order valence-corrected chi connectivity index (χ4v) is 4.94. The van der Waals surface area contributed by atoms with Gasteiger partial charge in [-0.2, -0.15) is 0 Å². The van der Waals surface area contributed by atoms with Crippen molar-refractivity contribution >= 4 is 40.8 Å². The summed E-state index contributed by atoms with van der Waals surface area (Å²) in [5.74, 6) is -1.13. The van der Waals surface area contributed by atoms with Gasteiger partial charge < -0.3 is 10.6 Å². The molecule has 2 rings (SSSR count). The molecular formula is C22H35N3O4S2. The van der Waals surface area contributed by atoms with E-state index in [0.29, 0.717) is 17.4 Å². The quantitative estimate of drug-likeness (QED) is 0.198. The van der Waals surface area contributed by atoms with Gasteiger partial charge in [0.2, 0.25) is 17.7 Å². The van der Waals surface area contributed by atoms with E-state index in [9.17, 15) is 19.6 Å². The summed E-state index contributed by atoms with van der Waals surface area (Å²) in [7, 11) is 0. The molecule has 0 unspecified atom stereocenters. The van der Waals surface area contributed by atoms with Crippen LogP contribution in [0.25, 0.3) is 0 Å². The van der Waals surface area contributed by atoms with E-state index in [2.05, 4.69) is 10.6 Å². The maximum atomic E-state index is 12.9. The Hall–Kier alpha value is -1.58. The number of hydroxylamine groups is 2. The van der Waals surface area contributed by atoms with Crippen LogP contribution in [0.2, 0.25) is 0 Å². The van der Waals surface area contributed by atoms with Crippen molar-refractivity contribution in [1.82, 2.24) is 15.7 Å². The van der Waals surface area contributed by atoms with Crippen LogP contribution in [0.3, 0.4) is 0 Å². The largest absolute Gasteiger partial charge is 0.351 e. The summed E-state index contributed by atoms with van der Waals surface area (Å²) in [6.07, 6.45) is 2.21. The molecule has 0 spiro atoms. The molecule has 0 radical (unpaired) electrons. The Morgan fingerprint density at radius 1 is 1.26 bits per heavy atom. The number of hydrogen-bond acceptors (Lipinski definition) is 6. The fraction of sp³-hybridized carbons (Fsp3) is 0.682. The number of thioether (sulfide) groups is 1. The topological polar surface area (TPSA) is 98.7 Å². The van der Waals surface area contributed by atoms with E-state index in [-0.39, 0.29) is 30.2 Å². The van der Waals surface area contributed by atoms with E-state index in [1.54, 1.807) is 32.1 Å². The van der Waals surface area contributed by atoms with Crippen molar-refractivity contribution in [3.63, 3.8) is 0 Å². The van der Waals surface area contributed by atoms with Gasteiger partial charge in [-0.15, -0.1) is 11.3 Å². The second kappa shape index (κ2) is 11.3. The summed E-state index contributed by atoms with van der Waals surface area (Å²) >= 11 is 3.13. The van der Waals surface area contributed by atoms with Crippen LogP contribution in [0.1, 0.15) is 60.3 Å². The zero-order valence-electron chi connectivity index (χ0n) is 19.0. The molecule has 3 N–H and O–H groups in total. The molecule has 1 heterocycles. The van der Waals surface area contributed by atoms with Gasteiger partial charge in [-0.3, -0.25) is 19.6 Å². The maximum absolute atomic E-state index is 12.9. The second-order valence-electron chi connectivity index (χ2n) is 9.58. The zero-order chi connectivity index (χ0) is 23.2. The zero-order valence-corrected chi connectivity index (χ0v) is 20.6. The van der Waals surface area contributed by atoms with Gasteiger partial charge >= 0.3 is 0 Å². The first kappa shape index (κ1) is 25.7. The number of nitrogens with zero attached hydrogens (tertiary/aromatic N) is 1. The lowest BCUT2D eigenvalue weighted by atomic mass is 9.85. The van der Waals surface area contributed by atoms with Crippen molar-refractivity contribution in [2.75, 3.05) is 5.88 Å². The molecule has 0 aromatic carbocycles. The first-order chi connectivity index (χ1) is 14.5. The van der Waals surface area contributed by atoms with Gasteiger partial charge in [-0.25, -0.2) is 5.06 Å². The Morgan fingerprint density at radius 2 is 1.94 bits per heavy atom. The maximum Gasteiger partial charge on any atom is 0.247 e. The molecule has 0 aliphatic heterocycles. The highest BCUT2D eigenvalue weighted by molar-refractivity contribution is 8.01. The van der Waals surface area contributed by atoms with Gasteiger partial charge in [-0.1, -0.05) is 52.4 Å². The van der Waals surface area contributed by atoms with E-state index in [4.69, 9.17) is 0 Å². The van der Waals surface area contributed by atoms with Crippen LogP contribution in [0.15, 0.2) is 21.7 Å². The van der Waals surface area contributed by atoms with Gasteiger partial charge in [0.25, 0.3) is 0 Å². The Morgan fingerprint density at radius 3 is 2.45 bits per heavy atom. The molecule has 0 bridgehead atoms. The van der Waals surface area contributed by atoms with Crippen LogP contribution in [0.4, 0.5) is 0 Å². The molecular weight excluding hydrogens is 434 g/mol. The standard InChI is InChI=1S/C22H35N3O4S2/c1-14(2)11-15(20(27)23-13-31-18-7-6-10-30-18)12-17(26)25(29)19(22(3,4)5)21(28)24-16-8-9-16/h6-7,10,14-16,19,29H,8-9,11-13H2,1-5H3,(H,23,27)(H,24,28)/t15-,19-/m1/s1. The summed E-state index contributed by atoms with van der Waals surface area (Å²) in [4.78, 5) is 38.4. The smallest absolute Gasteiger partial charge is 0.247 e. The lowest BCUT2D eigenvalue weighted by Crippen LogP contribution is -2.55. The Balaban J connectivity index is 2.00. The normalized spacial score (nSPS) is 16.0. The first-order valence-electron chi connectivity index (χ1n) is 10.7. The molecule has 1 aromatic rings. The third-order valence-corrected chi connectivity index (χ3v) is 7.01. The van der Waals surface area contributed by atoms with E-state index in [1.165, 1.54) is 11.8 Å². The minimum Gasteiger partial charge on any atom is -0.351 e. The molecule has 0 saturated heterocycles. The number of carbonyl (C=O) groups is 3. The van der Waals surface area contributed by atoms with Crippen LogP contribution in [0.5, 0.6) is 0 Å². The highest BCUT2D eigenvalue weighted by Crippen LogP contribution is 2.28. The summed E-state index contributed by atoms with van der Waals surface area (Å²) in [5, 5.41) is 18.9. The lowest BCUT2D eigenvalue weighted by Gasteiger charge is -2.35. The number of carbonyl (C=O) groups excluding carboxylic acids is 3. The third kappa shape index (κ3) is 8.46. The molecule has 2 atom stereocenters. The number of hydrogen-bond donors (Lipinski definition) is 3. The molecule has 1 aliphatic rings. The number of nitrogens with one attached hydrogen (secondary N) is 2. The highest BCUT2D eigenvalue weighted by atomic mass is 32.2. The number of rotatable bonds is 11. The summed E-state index contributed by atoms with van der Waals surface area (Å²) in [5.41, 5.74) is -0.656. The monoisotopic (exact) mass is 469 g/mol. The van der Waals surface area contributed by atoms with Crippen LogP contribution in [0, 0.1) is 17.3 Å². The van der Waals surface area contributed by atoms with Crippen molar-refractivity contribution in [2.24, 2.45) is 17.3 Å². The van der Waals surface area contributed by atoms with Crippen LogP contribution in [-0.4, -0.2) is 46.0 Å². The van der Waals surface area contributed by atoms with Gasteiger partial charge in [0.15, 0.2) is 0 Å². The molecule has 174 valence electrons. The fourth-order valence-electron chi connectivity index (χ4n) is 3.35. The van der Waals surface area contributed by atoms with Crippen molar-refractivity contribution in [1.29, 1.82) is 0 Å². The summed E-state index contributed by atoms with van der Waals surface area (Å²) < 4.78 is 1.10. The third-order valence-electron chi connectivity index (χ3n) is 5.00. The Kier molecular flexibility index (Phi) is 9.39. The second-order valence-corrected chi connectivity index (χ2v) is 11.8. The highest BCUT2D eigenvalue weighted by Gasteiger charge is 2.41. The number of thiophene rings is 1. The van der Waals surface area contributed by atoms with Crippen molar-refractivity contribution in [3.05, 3.63) is 17.5 Å². The molecule has 3 amide bonds. The molecule has 7 nitrogen and oxygen atoms in total. The molecule has 31 heavy (non-hydrogen) atoms. The molecule has 1 aliphatic carbocycles. The Bertz CT molecular complexity index is 742. The van der Waals surface area contributed by atoms with Crippen LogP contribution >= 0.6 is 23.1 Å². The van der Waals surface area contributed by atoms with Gasteiger partial charge in [0, 0.05) is 18.4 Å². The predicted octanol–water partition coefficient (Wildman–Crippen LogP) is 3.88. The molecule has 1 fully saturated rings. The van der Waals surface area contributed by atoms with Gasteiger partial charge in [0.05, 0.1) is 10.1 Å². The average molecular weight is 470 g/mol. The summed E-state index contributed by atoms with van der Waals surface area (Å²) in [6, 6.07) is 3.05. The van der Waals surface area contributed by atoms with E-state index in [0.717, 1.165) is 17.1 Å². The van der Waals surface area contributed by atoms with Crippen LogP contribution in [-0.2, 0) is 14.4 Å². The molecule has 9 heteroatoms. The van der Waals surface area contributed by atoms with E-state index in [1.807, 2.05) is 31.4 Å². The first-order valence-corrected chi connectivity index (χ1v) is 12.6. The minimum absolute atomic E-state index is 0.126. The minimum atomic E-state index is -1.02. The SMILES string of the molecule is CC(C)C[C@H](CC(=O)N(O)[C@H](C(=O)NC1CC1)C(C)(C)C)C(=O)NCSc1cccs1. The van der Waals surface area contributed by atoms with E-state index >= 15 is 0 Å². The lowest BCUT2D eigenvalue weighted by molar-refractivity contribution is -0.190. The van der Waals surface area contributed by atoms with Gasteiger partial charge in [0.1, 0.15) is 6.04 Å². The number of amides is 3. The molecule has 1 aromatic heterocycles. The van der Waals surface area contributed by atoms with Crippen molar-refractivity contribution in [2.45, 2.75) is 76.6 Å². The predicted molar refractivity (Wildman–Crippen MR) is 124 cm³/mol. The Labute approximate surface area is 193 Å². The van der Waals surface area contributed by atoms with E-state index < -0.39 is 23.3 Å². The average Bonchev–Trinajstić information content (AvgIpc) is 3.30. The van der Waals surface area contributed by atoms with Crippen molar-refractivity contribution < 1.29 is 19.6 Å². The van der Waals surface area contributed by atoms with Crippen molar-refractivity contribution in [3.8, 4) is 0 Å². The van der Waals surface area contributed by atoms with Gasteiger partial charge in [-0.05, 0) is 42.0 Å². The molecule has 1 saturated carbocycles. The van der Waals surface area contributed by atoms with Crippen LogP contribution < -0.4 is 10.6 Å².